The minimum atomic E-state index is -0.438. The Morgan fingerprint density at radius 1 is 1.19 bits per heavy atom. The molecule has 1 aliphatic heterocycles. The van der Waals surface area contributed by atoms with E-state index in [-0.39, 0.29) is 5.91 Å². The smallest absolute Gasteiger partial charge is 0.232 e. The number of hydrogen-bond donors (Lipinski definition) is 1. The van der Waals surface area contributed by atoms with Crippen LogP contribution in [0.2, 0.25) is 0 Å². The summed E-state index contributed by atoms with van der Waals surface area (Å²) >= 11 is 0. The number of benzene rings is 1. The van der Waals surface area contributed by atoms with E-state index >= 15 is 0 Å². The van der Waals surface area contributed by atoms with Gasteiger partial charge in [-0.2, -0.15) is 0 Å². The van der Waals surface area contributed by atoms with Crippen molar-refractivity contribution >= 4 is 23.2 Å². The van der Waals surface area contributed by atoms with Crippen LogP contribution in [0.1, 0.15) is 20.8 Å². The third kappa shape index (κ3) is 2.05. The lowest BCUT2D eigenvalue weighted by Crippen LogP contribution is -2.40. The van der Waals surface area contributed by atoms with Gasteiger partial charge in [0.1, 0.15) is 0 Å². The average molecular weight is 216 g/mol. The molecule has 1 aromatic rings. The summed E-state index contributed by atoms with van der Waals surface area (Å²) in [5.74, 6) is 0.295. The van der Waals surface area contributed by atoms with Gasteiger partial charge in [0.2, 0.25) is 11.9 Å². The molecule has 1 radical (unpaired) electrons. The van der Waals surface area contributed by atoms with Crippen LogP contribution in [0.3, 0.4) is 0 Å². The van der Waals surface area contributed by atoms with Gasteiger partial charge in [0.25, 0.3) is 0 Å². The second kappa shape index (κ2) is 3.63. The van der Waals surface area contributed by atoms with Crippen LogP contribution in [0.5, 0.6) is 0 Å². The molecule has 2 rings (SSSR count). The highest BCUT2D eigenvalue weighted by Gasteiger charge is 2.25. The van der Waals surface area contributed by atoms with E-state index in [2.05, 4.69) is 15.6 Å². The summed E-state index contributed by atoms with van der Waals surface area (Å²) in [4.78, 5) is 15.9. The molecule has 0 saturated heterocycles. The number of para-hydroxylation sites is 2. The van der Waals surface area contributed by atoms with Gasteiger partial charge in [-0.25, -0.2) is 10.3 Å². The van der Waals surface area contributed by atoms with E-state index in [4.69, 9.17) is 0 Å². The van der Waals surface area contributed by atoms with E-state index in [1.807, 2.05) is 45.0 Å². The molecular weight excluding hydrogens is 202 g/mol. The van der Waals surface area contributed by atoms with Crippen molar-refractivity contribution in [2.75, 3.05) is 0 Å². The number of amides is 1. The molecule has 0 unspecified atom stereocenters. The normalized spacial score (nSPS) is 13.8. The molecule has 83 valence electrons. The average Bonchev–Trinajstić information content (AvgIpc) is 2.58. The zero-order valence-corrected chi connectivity index (χ0v) is 9.61. The Morgan fingerprint density at radius 2 is 1.81 bits per heavy atom. The first-order valence-corrected chi connectivity index (χ1v) is 5.18. The van der Waals surface area contributed by atoms with Gasteiger partial charge < -0.3 is 0 Å². The lowest BCUT2D eigenvalue weighted by molar-refractivity contribution is -0.127. The fourth-order valence-electron chi connectivity index (χ4n) is 1.25. The van der Waals surface area contributed by atoms with Crippen molar-refractivity contribution in [1.82, 2.24) is 10.6 Å². The number of nitrogens with zero attached hydrogens (tertiary/aromatic N) is 2. The third-order valence-electron chi connectivity index (χ3n) is 2.24. The maximum Gasteiger partial charge on any atom is 0.232 e. The van der Waals surface area contributed by atoms with E-state index < -0.39 is 5.41 Å². The van der Waals surface area contributed by atoms with Gasteiger partial charge in [-0.3, -0.25) is 10.1 Å². The maximum atomic E-state index is 11.7. The number of aliphatic imine (C=N–C) groups is 1. The summed E-state index contributed by atoms with van der Waals surface area (Å²) in [5.41, 5.74) is 1.16. The van der Waals surface area contributed by atoms with Crippen molar-refractivity contribution in [3.8, 4) is 0 Å². The number of guanidine groups is 1. The molecule has 0 bridgehead atoms. The van der Waals surface area contributed by atoms with E-state index in [1.165, 1.54) is 0 Å². The van der Waals surface area contributed by atoms with Crippen molar-refractivity contribution in [3.05, 3.63) is 24.3 Å². The van der Waals surface area contributed by atoms with Gasteiger partial charge in [-0.05, 0) is 12.1 Å². The highest BCUT2D eigenvalue weighted by Crippen LogP contribution is 2.29. The van der Waals surface area contributed by atoms with Gasteiger partial charge >= 0.3 is 0 Å². The first kappa shape index (κ1) is 10.7. The second-order valence-corrected chi connectivity index (χ2v) is 4.74. The maximum absolute atomic E-state index is 11.7. The summed E-state index contributed by atoms with van der Waals surface area (Å²) < 4.78 is 0. The zero-order chi connectivity index (χ0) is 11.8. The fraction of sp³-hybridized carbons (Fsp3) is 0.333. The Balaban J connectivity index is 2.10. The lowest BCUT2D eigenvalue weighted by atomic mass is 9.96. The van der Waals surface area contributed by atoms with Gasteiger partial charge in [0, 0.05) is 5.41 Å². The third-order valence-corrected chi connectivity index (χ3v) is 2.24. The minimum absolute atomic E-state index is 0.0807. The standard InChI is InChI=1S/C12H14N3O/c1-12(2,3)10(16)15-11-13-8-6-4-5-7-9(8)14-11/h4-7H,1-3H3,(H,13,15,16). The van der Waals surface area contributed by atoms with Crippen molar-refractivity contribution in [2.24, 2.45) is 10.4 Å². The Labute approximate surface area is 94.8 Å². The highest BCUT2D eigenvalue weighted by atomic mass is 16.2. The summed E-state index contributed by atoms with van der Waals surface area (Å²) in [7, 11) is 0. The van der Waals surface area contributed by atoms with Crippen LogP contribution >= 0.6 is 0 Å². The van der Waals surface area contributed by atoms with Crippen molar-refractivity contribution in [2.45, 2.75) is 20.8 Å². The van der Waals surface area contributed by atoms with Crippen LogP contribution in [0.15, 0.2) is 29.3 Å². The fourth-order valence-corrected chi connectivity index (χ4v) is 1.25. The minimum Gasteiger partial charge on any atom is -0.294 e. The van der Waals surface area contributed by atoms with Crippen LogP contribution in [-0.2, 0) is 4.79 Å². The van der Waals surface area contributed by atoms with Gasteiger partial charge in [-0.1, -0.05) is 32.9 Å². The largest absolute Gasteiger partial charge is 0.294 e. The molecule has 0 saturated carbocycles. The van der Waals surface area contributed by atoms with Crippen molar-refractivity contribution in [1.29, 1.82) is 0 Å². The monoisotopic (exact) mass is 216 g/mol. The SMILES string of the molecule is CC(C)(C)C(=O)NC1=Nc2ccccc2[N]1. The number of carbonyl (C=O) groups is 1. The quantitative estimate of drug-likeness (QED) is 0.709. The number of fused-ring (bicyclic) bond motifs is 1. The predicted molar refractivity (Wildman–Crippen MR) is 62.9 cm³/mol. The van der Waals surface area contributed by atoms with Crippen molar-refractivity contribution in [3.63, 3.8) is 0 Å². The Kier molecular flexibility index (Phi) is 2.42. The van der Waals surface area contributed by atoms with Crippen LogP contribution in [0.4, 0.5) is 11.4 Å². The van der Waals surface area contributed by atoms with Crippen LogP contribution in [-0.4, -0.2) is 11.9 Å². The number of carbonyl (C=O) groups excluding carboxylic acids is 1. The molecule has 4 nitrogen and oxygen atoms in total. The van der Waals surface area contributed by atoms with E-state index in [1.54, 1.807) is 0 Å². The zero-order valence-electron chi connectivity index (χ0n) is 9.61. The van der Waals surface area contributed by atoms with E-state index in [9.17, 15) is 4.79 Å². The Morgan fingerprint density at radius 3 is 2.38 bits per heavy atom. The first-order valence-electron chi connectivity index (χ1n) is 5.18. The predicted octanol–water partition coefficient (Wildman–Crippen LogP) is 2.09. The Hall–Kier alpha value is -1.84. The number of rotatable bonds is 0. The molecule has 1 amide bonds. The van der Waals surface area contributed by atoms with E-state index in [0.717, 1.165) is 11.4 Å². The summed E-state index contributed by atoms with van der Waals surface area (Å²) in [6.45, 7) is 5.56. The Bertz CT molecular complexity index is 458. The molecule has 4 heteroatoms. The molecule has 1 N–H and O–H groups in total. The molecule has 16 heavy (non-hydrogen) atoms. The molecule has 1 heterocycles. The number of hydrogen-bond acceptors (Lipinski definition) is 2. The number of nitrogens with one attached hydrogen (secondary N) is 1. The topological polar surface area (TPSA) is 55.6 Å². The van der Waals surface area contributed by atoms with Gasteiger partial charge in [0.05, 0.1) is 11.4 Å². The molecule has 0 aliphatic carbocycles. The molecule has 0 atom stereocenters. The van der Waals surface area contributed by atoms with E-state index in [0.29, 0.717) is 5.96 Å². The van der Waals surface area contributed by atoms with Crippen LogP contribution in [0.25, 0.3) is 0 Å². The van der Waals surface area contributed by atoms with Crippen LogP contribution < -0.4 is 10.6 Å². The second-order valence-electron chi connectivity index (χ2n) is 4.74. The summed E-state index contributed by atoms with van der Waals surface area (Å²) in [5, 5.41) is 6.93. The molecule has 1 aromatic carbocycles. The first-order chi connectivity index (χ1) is 7.47. The van der Waals surface area contributed by atoms with Gasteiger partial charge in [-0.15, -0.1) is 0 Å². The van der Waals surface area contributed by atoms with Gasteiger partial charge in [0.15, 0.2) is 0 Å². The summed E-state index contributed by atoms with van der Waals surface area (Å²) in [6.07, 6.45) is 0. The lowest BCUT2D eigenvalue weighted by Gasteiger charge is -2.16. The molecule has 0 aromatic heterocycles. The molecule has 0 spiro atoms. The highest BCUT2D eigenvalue weighted by molar-refractivity contribution is 6.04. The molecule has 1 aliphatic rings. The molecule has 0 fully saturated rings. The summed E-state index contributed by atoms with van der Waals surface area (Å²) in [6, 6.07) is 7.53. The van der Waals surface area contributed by atoms with Crippen molar-refractivity contribution < 1.29 is 4.79 Å². The molecular formula is C12H14N3O. The van der Waals surface area contributed by atoms with Crippen LogP contribution in [0, 0.1) is 5.41 Å².